The zero-order chi connectivity index (χ0) is 15.9. The first kappa shape index (κ1) is 16.0. The van der Waals surface area contributed by atoms with Gasteiger partial charge in [-0.1, -0.05) is 11.6 Å². The molecule has 0 saturated heterocycles. The van der Waals surface area contributed by atoms with Gasteiger partial charge in [-0.3, -0.25) is 4.79 Å². The molecule has 0 atom stereocenters. The van der Waals surface area contributed by atoms with E-state index in [1.54, 1.807) is 44.6 Å². The molecule has 22 heavy (non-hydrogen) atoms. The van der Waals surface area contributed by atoms with E-state index in [9.17, 15) is 4.79 Å². The third-order valence-electron chi connectivity index (χ3n) is 2.98. The molecule has 0 aliphatic heterocycles. The second kappa shape index (κ2) is 7.56. The quantitative estimate of drug-likeness (QED) is 0.856. The molecule has 116 valence electrons. The first-order chi connectivity index (χ1) is 10.6. The fraction of sp³-hybridized carbons (Fsp3) is 0.188. The summed E-state index contributed by atoms with van der Waals surface area (Å²) in [5.74, 6) is 1.02. The Morgan fingerprint density at radius 3 is 2.45 bits per heavy atom. The molecule has 0 aromatic heterocycles. The molecule has 2 N–H and O–H groups in total. The van der Waals surface area contributed by atoms with E-state index in [1.807, 2.05) is 12.1 Å². The van der Waals surface area contributed by atoms with Gasteiger partial charge in [0.2, 0.25) is 5.91 Å². The minimum absolute atomic E-state index is 0.127. The van der Waals surface area contributed by atoms with Crippen molar-refractivity contribution in [2.75, 3.05) is 31.4 Å². The number of amides is 1. The molecule has 1 amide bonds. The van der Waals surface area contributed by atoms with E-state index >= 15 is 0 Å². The average molecular weight is 321 g/mol. The molecule has 5 nitrogen and oxygen atoms in total. The fourth-order valence-electron chi connectivity index (χ4n) is 1.86. The zero-order valence-corrected chi connectivity index (χ0v) is 13.1. The van der Waals surface area contributed by atoms with Crippen molar-refractivity contribution in [1.82, 2.24) is 0 Å². The number of anilines is 2. The van der Waals surface area contributed by atoms with E-state index in [0.717, 1.165) is 5.69 Å². The van der Waals surface area contributed by atoms with E-state index in [4.69, 9.17) is 21.1 Å². The monoisotopic (exact) mass is 320 g/mol. The van der Waals surface area contributed by atoms with Crippen molar-refractivity contribution in [2.45, 2.75) is 0 Å². The van der Waals surface area contributed by atoms with Gasteiger partial charge in [0.15, 0.2) is 0 Å². The molecule has 0 aliphatic carbocycles. The van der Waals surface area contributed by atoms with Crippen molar-refractivity contribution in [3.05, 3.63) is 47.5 Å². The van der Waals surface area contributed by atoms with Crippen LogP contribution in [0.2, 0.25) is 5.02 Å². The Bertz CT molecular complexity index is 644. The van der Waals surface area contributed by atoms with E-state index in [0.29, 0.717) is 22.2 Å². The average Bonchev–Trinajstić information content (AvgIpc) is 2.54. The molecule has 0 aliphatic rings. The highest BCUT2D eigenvalue weighted by Gasteiger charge is 2.09. The predicted molar refractivity (Wildman–Crippen MR) is 88.1 cm³/mol. The second-order valence-corrected chi connectivity index (χ2v) is 4.91. The third kappa shape index (κ3) is 4.30. The highest BCUT2D eigenvalue weighted by atomic mass is 35.5. The van der Waals surface area contributed by atoms with Gasteiger partial charge >= 0.3 is 0 Å². The summed E-state index contributed by atoms with van der Waals surface area (Å²) in [5.41, 5.74) is 1.38. The van der Waals surface area contributed by atoms with Gasteiger partial charge in [-0.25, -0.2) is 0 Å². The molecule has 0 radical (unpaired) electrons. The van der Waals surface area contributed by atoms with Crippen LogP contribution in [0.1, 0.15) is 0 Å². The van der Waals surface area contributed by atoms with Crippen LogP contribution in [0, 0.1) is 0 Å². The molecule has 0 heterocycles. The number of carbonyl (C=O) groups excluding carboxylic acids is 1. The van der Waals surface area contributed by atoms with Crippen molar-refractivity contribution >= 4 is 28.9 Å². The van der Waals surface area contributed by atoms with E-state index < -0.39 is 0 Å². The van der Waals surface area contributed by atoms with Gasteiger partial charge in [-0.2, -0.15) is 0 Å². The third-order valence-corrected chi connectivity index (χ3v) is 3.23. The summed E-state index contributed by atoms with van der Waals surface area (Å²) in [7, 11) is 3.11. The lowest BCUT2D eigenvalue weighted by Crippen LogP contribution is -2.22. The maximum absolute atomic E-state index is 12.0. The number of carbonyl (C=O) groups is 1. The lowest BCUT2D eigenvalue weighted by Gasteiger charge is -2.12. The molecule has 0 fully saturated rings. The van der Waals surface area contributed by atoms with Crippen LogP contribution in [0.5, 0.6) is 11.5 Å². The molecule has 2 aromatic carbocycles. The van der Waals surface area contributed by atoms with Crippen LogP contribution in [0.15, 0.2) is 42.5 Å². The molecular weight excluding hydrogens is 304 g/mol. The van der Waals surface area contributed by atoms with Gasteiger partial charge < -0.3 is 20.1 Å². The summed E-state index contributed by atoms with van der Waals surface area (Å²) >= 11 is 5.81. The summed E-state index contributed by atoms with van der Waals surface area (Å²) in [6.07, 6.45) is 0. The zero-order valence-electron chi connectivity index (χ0n) is 12.4. The van der Waals surface area contributed by atoms with Crippen LogP contribution < -0.4 is 20.1 Å². The van der Waals surface area contributed by atoms with Crippen LogP contribution in [0.25, 0.3) is 0 Å². The number of hydrogen-bond acceptors (Lipinski definition) is 4. The Balaban J connectivity index is 1.98. The highest BCUT2D eigenvalue weighted by Crippen LogP contribution is 2.28. The van der Waals surface area contributed by atoms with Crippen LogP contribution in [-0.4, -0.2) is 26.7 Å². The Morgan fingerprint density at radius 2 is 1.82 bits per heavy atom. The van der Waals surface area contributed by atoms with Gasteiger partial charge in [0.1, 0.15) is 11.5 Å². The van der Waals surface area contributed by atoms with Crippen molar-refractivity contribution < 1.29 is 14.3 Å². The SMILES string of the molecule is COc1ccc(OC)c(NC(=O)CNc2ccc(Cl)cc2)c1. The number of halogens is 1. The minimum atomic E-state index is -0.193. The standard InChI is InChI=1S/C16H17ClN2O3/c1-21-13-7-8-15(22-2)14(9-13)19-16(20)10-18-12-5-3-11(17)4-6-12/h3-9,18H,10H2,1-2H3,(H,19,20). The number of hydrogen-bond donors (Lipinski definition) is 2. The lowest BCUT2D eigenvalue weighted by atomic mass is 10.2. The van der Waals surface area contributed by atoms with Gasteiger partial charge in [-0.05, 0) is 36.4 Å². The van der Waals surface area contributed by atoms with Gasteiger partial charge in [0.05, 0.1) is 26.5 Å². The molecule has 6 heteroatoms. The summed E-state index contributed by atoms with van der Waals surface area (Å²) in [6.45, 7) is 0.127. The number of benzene rings is 2. The molecule has 2 aromatic rings. The summed E-state index contributed by atoms with van der Waals surface area (Å²) in [5, 5.41) is 6.45. The van der Waals surface area contributed by atoms with Crippen molar-refractivity contribution in [1.29, 1.82) is 0 Å². The largest absolute Gasteiger partial charge is 0.497 e. The number of ether oxygens (including phenoxy) is 2. The van der Waals surface area contributed by atoms with E-state index in [2.05, 4.69) is 10.6 Å². The number of rotatable bonds is 6. The maximum atomic E-state index is 12.0. The van der Waals surface area contributed by atoms with Crippen LogP contribution >= 0.6 is 11.6 Å². The molecule has 0 unspecified atom stereocenters. The van der Waals surface area contributed by atoms with Gasteiger partial charge in [0, 0.05) is 16.8 Å². The molecule has 2 rings (SSSR count). The lowest BCUT2D eigenvalue weighted by molar-refractivity contribution is -0.114. The normalized spacial score (nSPS) is 9.95. The molecule has 0 bridgehead atoms. The fourth-order valence-corrected chi connectivity index (χ4v) is 1.98. The Labute approximate surface area is 134 Å². The summed E-state index contributed by atoms with van der Waals surface area (Å²) in [6, 6.07) is 12.3. The van der Waals surface area contributed by atoms with Crippen molar-refractivity contribution in [2.24, 2.45) is 0 Å². The van der Waals surface area contributed by atoms with E-state index in [1.165, 1.54) is 0 Å². The van der Waals surface area contributed by atoms with Crippen LogP contribution in [-0.2, 0) is 4.79 Å². The molecule has 0 saturated carbocycles. The predicted octanol–water partition coefficient (Wildman–Crippen LogP) is 3.41. The first-order valence-corrected chi connectivity index (χ1v) is 7.01. The van der Waals surface area contributed by atoms with E-state index in [-0.39, 0.29) is 12.5 Å². The van der Waals surface area contributed by atoms with Crippen LogP contribution in [0.4, 0.5) is 11.4 Å². The first-order valence-electron chi connectivity index (χ1n) is 6.63. The maximum Gasteiger partial charge on any atom is 0.243 e. The molecule has 0 spiro atoms. The molecular formula is C16H17ClN2O3. The second-order valence-electron chi connectivity index (χ2n) is 4.47. The summed E-state index contributed by atoms with van der Waals surface area (Å²) < 4.78 is 10.4. The highest BCUT2D eigenvalue weighted by molar-refractivity contribution is 6.30. The topological polar surface area (TPSA) is 59.6 Å². The Kier molecular flexibility index (Phi) is 5.49. The number of methoxy groups -OCH3 is 2. The minimum Gasteiger partial charge on any atom is -0.497 e. The van der Waals surface area contributed by atoms with Crippen molar-refractivity contribution in [3.63, 3.8) is 0 Å². The van der Waals surface area contributed by atoms with Gasteiger partial charge in [0.25, 0.3) is 0 Å². The van der Waals surface area contributed by atoms with Crippen molar-refractivity contribution in [3.8, 4) is 11.5 Å². The Hall–Kier alpha value is -2.40. The Morgan fingerprint density at radius 1 is 1.09 bits per heavy atom. The van der Waals surface area contributed by atoms with Crippen LogP contribution in [0.3, 0.4) is 0 Å². The summed E-state index contributed by atoms with van der Waals surface area (Å²) in [4.78, 5) is 12.0. The number of nitrogens with one attached hydrogen (secondary N) is 2. The van der Waals surface area contributed by atoms with Gasteiger partial charge in [-0.15, -0.1) is 0 Å². The smallest absolute Gasteiger partial charge is 0.243 e.